The summed E-state index contributed by atoms with van der Waals surface area (Å²) in [6.45, 7) is 5.61. The maximum atomic E-state index is 12.1. The number of nitrogens with zero attached hydrogens (tertiary/aromatic N) is 4. The Morgan fingerprint density at radius 2 is 2.12 bits per heavy atom. The molecule has 3 rings (SSSR count). The summed E-state index contributed by atoms with van der Waals surface area (Å²) < 4.78 is 1.80. The molecule has 0 saturated heterocycles. The van der Waals surface area contributed by atoms with Crippen LogP contribution in [0, 0.1) is 0 Å². The number of anilines is 1. The zero-order chi connectivity index (χ0) is 17.1. The van der Waals surface area contributed by atoms with E-state index < -0.39 is 0 Å². The Morgan fingerprint density at radius 3 is 2.88 bits per heavy atom. The number of urea groups is 1. The minimum Gasteiger partial charge on any atom is -0.366 e. The fraction of sp³-hybridized carbons (Fsp3) is 0.471. The summed E-state index contributed by atoms with van der Waals surface area (Å²) in [7, 11) is 1.86. The number of rotatable bonds is 5. The number of amides is 2. The summed E-state index contributed by atoms with van der Waals surface area (Å²) in [5, 5.41) is 13.7. The van der Waals surface area contributed by atoms with Crippen molar-refractivity contribution in [3.8, 4) is 0 Å². The van der Waals surface area contributed by atoms with Gasteiger partial charge in [-0.25, -0.2) is 4.79 Å². The Bertz CT molecular complexity index is 713. The standard InChI is InChI=1S/C17H24N6O/c1-12(23-9-8-14-6-4-5-7-15(14)23)10-18-17(24)20-13(2)16-21-19-11-22(16)3/h4-7,11-13H,8-10H2,1-3H3,(H2,18,20,24)/t12-,13-/m1/s1. The van der Waals surface area contributed by atoms with Gasteiger partial charge in [-0.2, -0.15) is 0 Å². The summed E-state index contributed by atoms with van der Waals surface area (Å²) in [6.07, 6.45) is 2.69. The van der Waals surface area contributed by atoms with E-state index in [4.69, 9.17) is 0 Å². The average Bonchev–Trinajstić information content (AvgIpc) is 3.18. The quantitative estimate of drug-likeness (QED) is 0.875. The maximum absolute atomic E-state index is 12.1. The number of fused-ring (bicyclic) bond motifs is 1. The van der Waals surface area contributed by atoms with Gasteiger partial charge < -0.3 is 20.1 Å². The summed E-state index contributed by atoms with van der Waals surface area (Å²) in [4.78, 5) is 14.5. The van der Waals surface area contributed by atoms with Crippen LogP contribution >= 0.6 is 0 Å². The van der Waals surface area contributed by atoms with Gasteiger partial charge in [-0.15, -0.1) is 10.2 Å². The van der Waals surface area contributed by atoms with Crippen molar-refractivity contribution in [3.05, 3.63) is 42.0 Å². The molecule has 7 nitrogen and oxygen atoms in total. The Balaban J connectivity index is 1.51. The van der Waals surface area contributed by atoms with Crippen molar-refractivity contribution in [2.75, 3.05) is 18.0 Å². The molecule has 7 heteroatoms. The van der Waals surface area contributed by atoms with E-state index in [-0.39, 0.29) is 18.1 Å². The molecule has 2 atom stereocenters. The summed E-state index contributed by atoms with van der Waals surface area (Å²) >= 11 is 0. The second-order valence-electron chi connectivity index (χ2n) is 6.30. The number of carbonyl (C=O) groups excluding carboxylic acids is 1. The van der Waals surface area contributed by atoms with Crippen molar-refractivity contribution >= 4 is 11.7 Å². The number of hydrogen-bond donors (Lipinski definition) is 2. The van der Waals surface area contributed by atoms with Crippen LogP contribution in [0.4, 0.5) is 10.5 Å². The molecule has 1 aromatic carbocycles. The highest BCUT2D eigenvalue weighted by atomic mass is 16.2. The molecule has 0 unspecified atom stereocenters. The fourth-order valence-corrected chi connectivity index (χ4v) is 3.17. The summed E-state index contributed by atoms with van der Waals surface area (Å²) in [6, 6.07) is 8.31. The van der Waals surface area contributed by atoms with Crippen LogP contribution in [-0.4, -0.2) is 39.9 Å². The van der Waals surface area contributed by atoms with Gasteiger partial charge in [0.25, 0.3) is 0 Å². The van der Waals surface area contributed by atoms with Crippen molar-refractivity contribution in [1.82, 2.24) is 25.4 Å². The highest BCUT2D eigenvalue weighted by Crippen LogP contribution is 2.28. The van der Waals surface area contributed by atoms with E-state index in [0.29, 0.717) is 6.54 Å². The Labute approximate surface area is 142 Å². The lowest BCUT2D eigenvalue weighted by molar-refractivity contribution is 0.236. The van der Waals surface area contributed by atoms with Gasteiger partial charge in [0.15, 0.2) is 5.82 Å². The first kappa shape index (κ1) is 16.3. The van der Waals surface area contributed by atoms with Gasteiger partial charge in [0.05, 0.1) is 6.04 Å². The molecule has 1 aromatic heterocycles. The Kier molecular flexibility index (Phi) is 4.69. The van der Waals surface area contributed by atoms with E-state index in [1.54, 1.807) is 10.9 Å². The molecule has 0 radical (unpaired) electrons. The lowest BCUT2D eigenvalue weighted by atomic mass is 10.2. The van der Waals surface area contributed by atoms with E-state index in [9.17, 15) is 4.79 Å². The number of aromatic nitrogens is 3. The van der Waals surface area contributed by atoms with Gasteiger partial charge >= 0.3 is 6.03 Å². The van der Waals surface area contributed by atoms with Crippen LogP contribution < -0.4 is 15.5 Å². The van der Waals surface area contributed by atoms with Gasteiger partial charge in [0.1, 0.15) is 6.33 Å². The van der Waals surface area contributed by atoms with Crippen LogP contribution in [0.3, 0.4) is 0 Å². The third kappa shape index (κ3) is 3.34. The van der Waals surface area contributed by atoms with Crippen molar-refractivity contribution in [3.63, 3.8) is 0 Å². The second-order valence-corrected chi connectivity index (χ2v) is 6.30. The van der Waals surface area contributed by atoms with Crippen LogP contribution in [0.1, 0.15) is 31.3 Å². The third-order valence-corrected chi connectivity index (χ3v) is 4.49. The fourth-order valence-electron chi connectivity index (χ4n) is 3.17. The topological polar surface area (TPSA) is 75.1 Å². The first-order valence-corrected chi connectivity index (χ1v) is 8.29. The van der Waals surface area contributed by atoms with Gasteiger partial charge in [-0.3, -0.25) is 0 Å². The number of carbonyl (C=O) groups is 1. The highest BCUT2D eigenvalue weighted by molar-refractivity contribution is 5.74. The number of hydrogen-bond acceptors (Lipinski definition) is 4. The molecule has 2 amide bonds. The van der Waals surface area contributed by atoms with E-state index in [1.807, 2.05) is 14.0 Å². The van der Waals surface area contributed by atoms with Crippen LogP contribution in [0.5, 0.6) is 0 Å². The van der Waals surface area contributed by atoms with Crippen LogP contribution in [0.2, 0.25) is 0 Å². The maximum Gasteiger partial charge on any atom is 0.315 e. The Morgan fingerprint density at radius 1 is 1.33 bits per heavy atom. The molecule has 0 fully saturated rings. The zero-order valence-electron chi connectivity index (χ0n) is 14.4. The minimum atomic E-state index is -0.194. The predicted octanol–water partition coefficient (Wildman–Crippen LogP) is 1.63. The van der Waals surface area contributed by atoms with E-state index in [1.165, 1.54) is 11.3 Å². The van der Waals surface area contributed by atoms with Crippen LogP contribution in [-0.2, 0) is 13.5 Å². The third-order valence-electron chi connectivity index (χ3n) is 4.49. The average molecular weight is 328 g/mol. The normalized spacial score (nSPS) is 15.7. The molecule has 1 aliphatic rings. The number of aryl methyl sites for hydroxylation is 1. The molecule has 0 spiro atoms. The molecule has 0 aliphatic carbocycles. The first-order chi connectivity index (χ1) is 11.6. The summed E-state index contributed by atoms with van der Waals surface area (Å²) in [5.74, 6) is 0.728. The van der Waals surface area contributed by atoms with Crippen molar-refractivity contribution in [2.45, 2.75) is 32.4 Å². The predicted molar refractivity (Wildman–Crippen MR) is 92.9 cm³/mol. The lowest BCUT2D eigenvalue weighted by Crippen LogP contribution is -2.45. The van der Waals surface area contributed by atoms with Crippen molar-refractivity contribution < 1.29 is 4.79 Å². The zero-order valence-corrected chi connectivity index (χ0v) is 14.4. The molecule has 128 valence electrons. The molecular weight excluding hydrogens is 304 g/mol. The van der Waals surface area contributed by atoms with E-state index in [0.717, 1.165) is 18.8 Å². The highest BCUT2D eigenvalue weighted by Gasteiger charge is 2.23. The molecule has 24 heavy (non-hydrogen) atoms. The SMILES string of the molecule is C[C@H](CNC(=O)N[C@H](C)c1nncn1C)N1CCc2ccccc21. The minimum absolute atomic E-state index is 0.190. The van der Waals surface area contributed by atoms with Gasteiger partial charge in [0, 0.05) is 31.9 Å². The van der Waals surface area contributed by atoms with Crippen molar-refractivity contribution in [1.29, 1.82) is 0 Å². The van der Waals surface area contributed by atoms with Gasteiger partial charge in [-0.1, -0.05) is 18.2 Å². The van der Waals surface area contributed by atoms with E-state index in [2.05, 4.69) is 56.9 Å². The van der Waals surface area contributed by atoms with Crippen LogP contribution in [0.25, 0.3) is 0 Å². The monoisotopic (exact) mass is 328 g/mol. The van der Waals surface area contributed by atoms with Crippen LogP contribution in [0.15, 0.2) is 30.6 Å². The molecule has 1 aliphatic heterocycles. The molecular formula is C17H24N6O. The number of para-hydroxylation sites is 1. The van der Waals surface area contributed by atoms with E-state index >= 15 is 0 Å². The number of benzene rings is 1. The molecule has 0 saturated carbocycles. The largest absolute Gasteiger partial charge is 0.366 e. The molecule has 2 aromatic rings. The molecule has 2 heterocycles. The molecule has 0 bridgehead atoms. The second kappa shape index (κ2) is 6.90. The summed E-state index contributed by atoms with van der Waals surface area (Å²) in [5.41, 5.74) is 2.66. The van der Waals surface area contributed by atoms with Gasteiger partial charge in [0.2, 0.25) is 0 Å². The number of nitrogens with one attached hydrogen (secondary N) is 2. The molecule has 2 N–H and O–H groups in total. The smallest absolute Gasteiger partial charge is 0.315 e. The lowest BCUT2D eigenvalue weighted by Gasteiger charge is -2.27. The first-order valence-electron chi connectivity index (χ1n) is 8.29. The Hall–Kier alpha value is -2.57. The van der Waals surface area contributed by atoms with Gasteiger partial charge in [-0.05, 0) is 31.9 Å². The van der Waals surface area contributed by atoms with Crippen molar-refractivity contribution in [2.24, 2.45) is 7.05 Å².